The minimum absolute atomic E-state index is 0.0319. The summed E-state index contributed by atoms with van der Waals surface area (Å²) in [5.41, 5.74) is 0.699. The zero-order valence-corrected chi connectivity index (χ0v) is 13.7. The van der Waals surface area contributed by atoms with Crippen molar-refractivity contribution in [3.63, 3.8) is 0 Å². The molecule has 124 valence electrons. The SMILES string of the molecule is CC(C)C(C)NC(=O)CCCc1nc(-c2ccc(F)cc2)no1. The van der Waals surface area contributed by atoms with E-state index in [1.807, 2.05) is 6.92 Å². The molecule has 0 saturated heterocycles. The number of nitrogens with zero attached hydrogens (tertiary/aromatic N) is 2. The first kappa shape index (κ1) is 17.1. The van der Waals surface area contributed by atoms with Crippen LogP contribution < -0.4 is 5.32 Å². The molecule has 1 aromatic heterocycles. The van der Waals surface area contributed by atoms with Crippen molar-refractivity contribution in [3.05, 3.63) is 36.0 Å². The van der Waals surface area contributed by atoms with Crippen LogP contribution in [0.1, 0.15) is 39.5 Å². The van der Waals surface area contributed by atoms with Gasteiger partial charge in [-0.15, -0.1) is 0 Å². The van der Waals surface area contributed by atoms with Gasteiger partial charge in [-0.1, -0.05) is 19.0 Å². The Morgan fingerprint density at radius 2 is 1.96 bits per heavy atom. The van der Waals surface area contributed by atoms with Gasteiger partial charge in [-0.05, 0) is 43.5 Å². The number of hydrogen-bond acceptors (Lipinski definition) is 4. The van der Waals surface area contributed by atoms with E-state index in [1.165, 1.54) is 12.1 Å². The Morgan fingerprint density at radius 3 is 2.61 bits per heavy atom. The molecule has 1 heterocycles. The lowest BCUT2D eigenvalue weighted by Gasteiger charge is -2.17. The molecule has 1 N–H and O–H groups in total. The summed E-state index contributed by atoms with van der Waals surface area (Å²) in [6.07, 6.45) is 1.60. The van der Waals surface area contributed by atoms with Crippen LogP contribution >= 0.6 is 0 Å². The molecule has 0 aliphatic rings. The lowest BCUT2D eigenvalue weighted by atomic mass is 10.1. The van der Waals surface area contributed by atoms with Gasteiger partial charge in [0.1, 0.15) is 5.82 Å². The molecule has 0 aliphatic heterocycles. The highest BCUT2D eigenvalue weighted by Crippen LogP contribution is 2.16. The maximum Gasteiger partial charge on any atom is 0.226 e. The fraction of sp³-hybridized carbons (Fsp3) is 0.471. The third kappa shape index (κ3) is 5.16. The predicted molar refractivity (Wildman–Crippen MR) is 85.1 cm³/mol. The van der Waals surface area contributed by atoms with E-state index in [9.17, 15) is 9.18 Å². The number of carbonyl (C=O) groups excluding carboxylic acids is 1. The van der Waals surface area contributed by atoms with Gasteiger partial charge in [0, 0.05) is 24.4 Å². The van der Waals surface area contributed by atoms with Crippen LogP contribution in [0.2, 0.25) is 0 Å². The second-order valence-electron chi connectivity index (χ2n) is 5.97. The predicted octanol–water partition coefficient (Wildman–Crippen LogP) is 3.36. The van der Waals surface area contributed by atoms with Gasteiger partial charge >= 0.3 is 0 Å². The van der Waals surface area contributed by atoms with Crippen LogP contribution in [0, 0.1) is 11.7 Å². The summed E-state index contributed by atoms with van der Waals surface area (Å²) in [6, 6.07) is 6.07. The van der Waals surface area contributed by atoms with Crippen molar-refractivity contribution >= 4 is 5.91 Å². The van der Waals surface area contributed by atoms with Gasteiger partial charge in [-0.25, -0.2) is 4.39 Å². The molecule has 1 aromatic carbocycles. The van der Waals surface area contributed by atoms with E-state index in [-0.39, 0.29) is 17.8 Å². The van der Waals surface area contributed by atoms with E-state index in [0.717, 1.165) is 0 Å². The van der Waals surface area contributed by atoms with Crippen LogP contribution in [-0.4, -0.2) is 22.1 Å². The van der Waals surface area contributed by atoms with Gasteiger partial charge in [0.05, 0.1) is 0 Å². The molecule has 0 fully saturated rings. The van der Waals surface area contributed by atoms with Crippen LogP contribution in [0.25, 0.3) is 11.4 Å². The van der Waals surface area contributed by atoms with Gasteiger partial charge in [-0.2, -0.15) is 4.98 Å². The molecule has 0 saturated carbocycles. The average molecular weight is 319 g/mol. The molecule has 23 heavy (non-hydrogen) atoms. The molecule has 0 radical (unpaired) electrons. The summed E-state index contributed by atoms with van der Waals surface area (Å²) >= 11 is 0. The maximum atomic E-state index is 12.9. The molecule has 1 amide bonds. The third-order valence-electron chi connectivity index (χ3n) is 3.75. The minimum Gasteiger partial charge on any atom is -0.353 e. The minimum atomic E-state index is -0.306. The van der Waals surface area contributed by atoms with E-state index in [0.29, 0.717) is 42.5 Å². The molecule has 6 heteroatoms. The number of carbonyl (C=O) groups is 1. The third-order valence-corrected chi connectivity index (χ3v) is 3.75. The zero-order valence-electron chi connectivity index (χ0n) is 13.7. The number of nitrogens with one attached hydrogen (secondary N) is 1. The Hall–Kier alpha value is -2.24. The Balaban J connectivity index is 1.81. The van der Waals surface area contributed by atoms with Crippen LogP contribution in [0.15, 0.2) is 28.8 Å². The van der Waals surface area contributed by atoms with Crippen molar-refractivity contribution in [2.24, 2.45) is 5.92 Å². The van der Waals surface area contributed by atoms with E-state index in [1.54, 1.807) is 12.1 Å². The number of amides is 1. The topological polar surface area (TPSA) is 68.0 Å². The van der Waals surface area contributed by atoms with Gasteiger partial charge < -0.3 is 9.84 Å². The van der Waals surface area contributed by atoms with Crippen LogP contribution in [-0.2, 0) is 11.2 Å². The number of aromatic nitrogens is 2. The maximum absolute atomic E-state index is 12.9. The summed E-state index contributed by atoms with van der Waals surface area (Å²) in [5, 5.41) is 6.84. The molecular weight excluding hydrogens is 297 g/mol. The molecule has 0 aliphatic carbocycles. The molecule has 0 spiro atoms. The first-order valence-electron chi connectivity index (χ1n) is 7.83. The molecule has 1 unspecified atom stereocenters. The Morgan fingerprint density at radius 1 is 1.26 bits per heavy atom. The van der Waals surface area contributed by atoms with Crippen LogP contribution in [0.3, 0.4) is 0 Å². The normalized spacial score (nSPS) is 12.4. The highest BCUT2D eigenvalue weighted by Gasteiger charge is 2.12. The van der Waals surface area contributed by atoms with Crippen molar-refractivity contribution in [2.45, 2.75) is 46.1 Å². The van der Waals surface area contributed by atoms with Crippen molar-refractivity contribution in [2.75, 3.05) is 0 Å². The number of halogens is 1. The van der Waals surface area contributed by atoms with Crippen molar-refractivity contribution in [3.8, 4) is 11.4 Å². The summed E-state index contributed by atoms with van der Waals surface area (Å²) in [7, 11) is 0. The number of rotatable bonds is 7. The van der Waals surface area contributed by atoms with Gasteiger partial charge in [0.15, 0.2) is 0 Å². The lowest BCUT2D eigenvalue weighted by molar-refractivity contribution is -0.122. The quantitative estimate of drug-likeness (QED) is 0.849. The molecule has 2 aromatic rings. The number of benzene rings is 1. The lowest BCUT2D eigenvalue weighted by Crippen LogP contribution is -2.35. The molecule has 1 atom stereocenters. The highest BCUT2D eigenvalue weighted by atomic mass is 19.1. The zero-order chi connectivity index (χ0) is 16.8. The monoisotopic (exact) mass is 319 g/mol. The summed E-state index contributed by atoms with van der Waals surface area (Å²) in [6.45, 7) is 6.14. The van der Waals surface area contributed by atoms with Crippen LogP contribution in [0.4, 0.5) is 4.39 Å². The fourth-order valence-electron chi connectivity index (χ4n) is 1.97. The van der Waals surface area contributed by atoms with E-state index >= 15 is 0 Å². The Kier molecular flexibility index (Phi) is 5.84. The second kappa shape index (κ2) is 7.85. The summed E-state index contributed by atoms with van der Waals surface area (Å²) in [4.78, 5) is 16.1. The average Bonchev–Trinajstić information content (AvgIpc) is 2.96. The van der Waals surface area contributed by atoms with Gasteiger partial charge in [0.2, 0.25) is 17.6 Å². The van der Waals surface area contributed by atoms with E-state index in [4.69, 9.17) is 4.52 Å². The highest BCUT2D eigenvalue weighted by molar-refractivity contribution is 5.76. The standard InChI is InChI=1S/C17H22FN3O2/c1-11(2)12(3)19-15(22)5-4-6-16-20-17(21-23-16)13-7-9-14(18)10-8-13/h7-12H,4-6H2,1-3H3,(H,19,22). The van der Waals surface area contributed by atoms with E-state index < -0.39 is 0 Å². The van der Waals surface area contributed by atoms with E-state index in [2.05, 4.69) is 29.3 Å². The smallest absolute Gasteiger partial charge is 0.226 e. The molecular formula is C17H22FN3O2. The fourth-order valence-corrected chi connectivity index (χ4v) is 1.97. The first-order chi connectivity index (χ1) is 11.0. The van der Waals surface area contributed by atoms with Gasteiger partial charge in [0.25, 0.3) is 0 Å². The molecule has 5 nitrogen and oxygen atoms in total. The Bertz CT molecular complexity index is 638. The number of aryl methyl sites for hydroxylation is 1. The van der Waals surface area contributed by atoms with Crippen molar-refractivity contribution in [1.82, 2.24) is 15.5 Å². The van der Waals surface area contributed by atoms with Crippen molar-refractivity contribution < 1.29 is 13.7 Å². The largest absolute Gasteiger partial charge is 0.353 e. The van der Waals surface area contributed by atoms with Gasteiger partial charge in [-0.3, -0.25) is 4.79 Å². The summed E-state index contributed by atoms with van der Waals surface area (Å²) in [5.74, 6) is 1.05. The molecule has 2 rings (SSSR count). The Labute approximate surface area is 135 Å². The second-order valence-corrected chi connectivity index (χ2v) is 5.97. The van der Waals surface area contributed by atoms with Crippen molar-refractivity contribution in [1.29, 1.82) is 0 Å². The first-order valence-corrected chi connectivity index (χ1v) is 7.83. The molecule has 0 bridgehead atoms. The van der Waals surface area contributed by atoms with Crippen LogP contribution in [0.5, 0.6) is 0 Å². The summed E-state index contributed by atoms with van der Waals surface area (Å²) < 4.78 is 18.1. The number of hydrogen-bond donors (Lipinski definition) is 1.